The molecule has 0 aromatic heterocycles. The van der Waals surface area contributed by atoms with E-state index in [1.165, 1.54) is 0 Å². The van der Waals surface area contributed by atoms with Gasteiger partial charge in [0, 0.05) is 17.1 Å². The van der Waals surface area contributed by atoms with E-state index >= 15 is 0 Å². The van der Waals surface area contributed by atoms with Crippen LogP contribution in [0.3, 0.4) is 0 Å². The Balaban J connectivity index is -0.000000000833. The van der Waals surface area contributed by atoms with Crippen molar-refractivity contribution in [1.29, 1.82) is 0 Å². The van der Waals surface area contributed by atoms with Crippen molar-refractivity contribution >= 4 is 134 Å². The zero-order valence-electron chi connectivity index (χ0n) is 1.92. The molecule has 0 aliphatic heterocycles. The van der Waals surface area contributed by atoms with Crippen LogP contribution in [-0.2, 0) is 19.9 Å². The molecular weight excluding hydrogens is 625 g/mol. The van der Waals surface area contributed by atoms with Gasteiger partial charge in [0.15, 0.2) is 0 Å². The summed E-state index contributed by atoms with van der Waals surface area (Å²) in [6.07, 6.45) is 0. The van der Waals surface area contributed by atoms with Crippen molar-refractivity contribution in [3.8, 4) is 0 Å². The molecule has 1 radical (unpaired) electrons. The Hall–Kier alpha value is 4.83. The van der Waals surface area contributed by atoms with Crippen molar-refractivity contribution in [3.05, 3.63) is 0 Å². The van der Waals surface area contributed by atoms with Gasteiger partial charge in [-0.2, -0.15) is 0 Å². The number of hydrogen-bond donors (Lipinski definition) is 0. The van der Waals surface area contributed by atoms with E-state index < -0.39 is 0 Å². The predicted molar refractivity (Wildman–Crippen MR) is 34.9 cm³/mol. The van der Waals surface area contributed by atoms with Crippen molar-refractivity contribution in [2.24, 2.45) is 0 Å². The fourth-order valence-corrected chi connectivity index (χ4v) is 0. The van der Waals surface area contributed by atoms with Crippen molar-refractivity contribution < 1.29 is 19.9 Å². The third-order valence-corrected chi connectivity index (χ3v) is 0. The molecular formula is H8Bi2CaCuOSr. The summed E-state index contributed by atoms with van der Waals surface area (Å²) in [7, 11) is 0. The Labute approximate surface area is 149 Å². The molecule has 6 heavy (non-hydrogen) atoms. The fourth-order valence-electron chi connectivity index (χ4n) is 0. The molecule has 0 spiro atoms. The third-order valence-electron chi connectivity index (χ3n) is 0. The summed E-state index contributed by atoms with van der Waals surface area (Å²) in [4.78, 5) is 0. The molecule has 0 rings (SSSR count). The molecule has 0 fully saturated rings. The van der Waals surface area contributed by atoms with Crippen LogP contribution in [0.4, 0.5) is 0 Å². The molecule has 0 aliphatic carbocycles. The Bertz CT molecular complexity index is 13.5. The second kappa shape index (κ2) is 32.9. The van der Waals surface area contributed by atoms with Crippen molar-refractivity contribution in [3.63, 3.8) is 0 Å². The predicted octanol–water partition coefficient (Wildman–Crippen LogP) is -3.79. The van der Waals surface area contributed by atoms with Crippen LogP contribution in [0.1, 0.15) is 0 Å². The van der Waals surface area contributed by atoms with Gasteiger partial charge in [0.05, 0.1) is 0 Å². The maximum absolute atomic E-state index is 8.39. The molecule has 0 atom stereocenters. The first kappa shape index (κ1) is 30.8. The normalized spacial score (nSPS) is 0.667. The van der Waals surface area contributed by atoms with Gasteiger partial charge in [0.25, 0.3) is 0 Å². The second-order valence-corrected chi connectivity index (χ2v) is 0. The van der Waals surface area contributed by atoms with Gasteiger partial charge in [-0.25, -0.2) is 0 Å². The SMILES string of the molecule is [BiH3].[CaH2].[Cu].[O]=[BiH].[SrH2]. The van der Waals surface area contributed by atoms with E-state index in [9.17, 15) is 0 Å². The topological polar surface area (TPSA) is 17.1 Å². The van der Waals surface area contributed by atoms with Crippen LogP contribution in [0.25, 0.3) is 0 Å². The van der Waals surface area contributed by atoms with Crippen LogP contribution in [0.15, 0.2) is 0 Å². The van der Waals surface area contributed by atoms with E-state index in [2.05, 4.69) is 0 Å². The van der Waals surface area contributed by atoms with Gasteiger partial charge in [0.2, 0.25) is 0 Å². The Morgan fingerprint density at radius 3 is 1.17 bits per heavy atom. The van der Waals surface area contributed by atoms with Crippen molar-refractivity contribution in [2.75, 3.05) is 0 Å². The van der Waals surface area contributed by atoms with Crippen LogP contribution in [-0.4, -0.2) is 134 Å². The molecule has 0 aliphatic rings. The zero-order chi connectivity index (χ0) is 2.00. The molecule has 0 unspecified atom stereocenters. The van der Waals surface area contributed by atoms with Gasteiger partial charge < -0.3 is 0 Å². The number of rotatable bonds is 0. The summed E-state index contributed by atoms with van der Waals surface area (Å²) in [5.74, 6) is 0. The molecule has 0 amide bonds. The standard InChI is InChI=1S/2Bi.Ca.Cu.O.Sr.8H. The Kier molecular flexibility index (Phi) is 169. The number of hydrogen-bond acceptors (Lipinski definition) is 1. The molecule has 0 saturated carbocycles. The molecule has 39 valence electrons. The molecule has 0 saturated heterocycles. The van der Waals surface area contributed by atoms with Crippen LogP contribution < -0.4 is 0 Å². The molecule has 1 nitrogen and oxygen atoms in total. The van der Waals surface area contributed by atoms with Gasteiger partial charge in [0.1, 0.15) is 0 Å². The van der Waals surface area contributed by atoms with Gasteiger partial charge >= 0.3 is 137 Å². The minimum absolute atomic E-state index is 0. The van der Waals surface area contributed by atoms with Gasteiger partial charge in [-0.3, -0.25) is 0 Å². The van der Waals surface area contributed by atoms with E-state index in [1.54, 1.807) is 0 Å². The monoisotopic (exact) mass is 633 g/mol. The summed E-state index contributed by atoms with van der Waals surface area (Å²) in [6.45, 7) is 0. The average Bonchev–Trinajstić information content (AvgIpc) is 1.00. The molecule has 6 heteroatoms. The van der Waals surface area contributed by atoms with Crippen LogP contribution in [0.5, 0.6) is 0 Å². The summed E-state index contributed by atoms with van der Waals surface area (Å²) in [5.41, 5.74) is 0. The first-order chi connectivity index (χ1) is 1.00. The maximum atomic E-state index is 8.39. The Morgan fingerprint density at radius 2 is 1.17 bits per heavy atom. The van der Waals surface area contributed by atoms with Gasteiger partial charge in [-0.15, -0.1) is 0 Å². The van der Waals surface area contributed by atoms with Crippen LogP contribution in [0, 0.1) is 0 Å². The molecule has 0 heterocycles. The zero-order valence-corrected chi connectivity index (χ0v) is 12.2. The first-order valence-electron chi connectivity index (χ1n) is 0.204. The molecule has 0 aromatic rings. The summed E-state index contributed by atoms with van der Waals surface area (Å²) >= 11 is 0.0556. The quantitative estimate of drug-likeness (QED) is 0.251. The van der Waals surface area contributed by atoms with Gasteiger partial charge in [-0.05, 0) is 0 Å². The summed E-state index contributed by atoms with van der Waals surface area (Å²) in [6, 6.07) is 0. The van der Waals surface area contributed by atoms with E-state index in [4.69, 9.17) is 2.81 Å². The molecule has 0 bridgehead atoms. The van der Waals surface area contributed by atoms with Crippen LogP contribution >= 0.6 is 0 Å². The molecule has 0 aromatic carbocycles. The van der Waals surface area contributed by atoms with E-state index in [0.717, 1.165) is 0 Å². The molecule has 0 N–H and O–H groups in total. The first-order valence-corrected chi connectivity index (χ1v) is 1.79. The van der Waals surface area contributed by atoms with Crippen LogP contribution in [0.2, 0.25) is 0 Å². The Morgan fingerprint density at radius 1 is 1.17 bits per heavy atom. The van der Waals surface area contributed by atoms with E-state index in [0.29, 0.717) is 0 Å². The van der Waals surface area contributed by atoms with Crippen molar-refractivity contribution in [2.45, 2.75) is 0 Å². The summed E-state index contributed by atoms with van der Waals surface area (Å²) in [5, 5.41) is 0. The van der Waals surface area contributed by atoms with Crippen molar-refractivity contribution in [1.82, 2.24) is 0 Å². The van der Waals surface area contributed by atoms with Gasteiger partial charge in [-0.1, -0.05) is 0 Å². The van der Waals surface area contributed by atoms with E-state index in [-0.39, 0.29) is 151 Å². The second-order valence-electron chi connectivity index (χ2n) is 0. The fraction of sp³-hybridized carbons (Fsp3) is 0. The summed E-state index contributed by atoms with van der Waals surface area (Å²) < 4.78 is 8.39. The minimum atomic E-state index is 0. The average molecular weight is 633 g/mol. The van der Waals surface area contributed by atoms with E-state index in [1.807, 2.05) is 0 Å². The third kappa shape index (κ3) is 23.2.